The van der Waals surface area contributed by atoms with E-state index >= 15 is 0 Å². The lowest BCUT2D eigenvalue weighted by molar-refractivity contribution is -0.0956. The van der Waals surface area contributed by atoms with Crippen molar-refractivity contribution in [2.45, 2.75) is 25.5 Å². The van der Waals surface area contributed by atoms with Gasteiger partial charge in [-0.1, -0.05) is 6.92 Å². The van der Waals surface area contributed by atoms with Crippen molar-refractivity contribution in [3.8, 4) is 11.5 Å². The zero-order chi connectivity index (χ0) is 12.5. The van der Waals surface area contributed by atoms with Crippen LogP contribution in [0.1, 0.15) is 25.0 Å². The van der Waals surface area contributed by atoms with Crippen LogP contribution in [0.2, 0.25) is 0 Å². The molecule has 1 fully saturated rings. The maximum absolute atomic E-state index is 9.49. The zero-order valence-corrected chi connectivity index (χ0v) is 10.6. The Hall–Kier alpha value is -1.26. The first-order valence-corrected chi connectivity index (χ1v) is 6.61. The van der Waals surface area contributed by atoms with E-state index in [0.29, 0.717) is 12.6 Å². The molecule has 4 heteroatoms. The monoisotopic (exact) mass is 249 g/mol. The fraction of sp³-hybridized carbons (Fsp3) is 0.571. The van der Waals surface area contributed by atoms with Crippen LogP contribution in [0.15, 0.2) is 18.2 Å². The van der Waals surface area contributed by atoms with Gasteiger partial charge in [0.2, 0.25) is 0 Å². The number of ether oxygens (including phenoxy) is 2. The molecular weight excluding hydrogens is 230 g/mol. The Bertz CT molecular complexity index is 433. The van der Waals surface area contributed by atoms with Gasteiger partial charge in [0, 0.05) is 18.2 Å². The highest BCUT2D eigenvalue weighted by Gasteiger charge is 2.38. The van der Waals surface area contributed by atoms with Gasteiger partial charge in [-0.3, -0.25) is 4.90 Å². The van der Waals surface area contributed by atoms with Crippen molar-refractivity contribution in [2.24, 2.45) is 0 Å². The van der Waals surface area contributed by atoms with Gasteiger partial charge in [0.1, 0.15) is 24.2 Å². The lowest BCUT2D eigenvalue weighted by Crippen LogP contribution is -2.52. The van der Waals surface area contributed by atoms with Crippen LogP contribution in [0.4, 0.5) is 0 Å². The van der Waals surface area contributed by atoms with Crippen molar-refractivity contribution < 1.29 is 14.6 Å². The third-order valence-corrected chi connectivity index (χ3v) is 3.72. The predicted molar refractivity (Wildman–Crippen MR) is 67.9 cm³/mol. The molecule has 3 rings (SSSR count). The maximum atomic E-state index is 9.49. The summed E-state index contributed by atoms with van der Waals surface area (Å²) in [4.78, 5) is 2.45. The SMILES string of the molecule is CCCN1CCO[C@@H]2c3ccc(O)cc3OC[C@H]21. The van der Waals surface area contributed by atoms with E-state index in [4.69, 9.17) is 9.47 Å². The van der Waals surface area contributed by atoms with Gasteiger partial charge in [0.15, 0.2) is 0 Å². The number of fused-ring (bicyclic) bond motifs is 3. The third kappa shape index (κ3) is 1.95. The molecule has 0 aliphatic carbocycles. The molecule has 1 saturated heterocycles. The van der Waals surface area contributed by atoms with Crippen LogP contribution in [-0.2, 0) is 4.74 Å². The van der Waals surface area contributed by atoms with E-state index in [0.717, 1.165) is 37.4 Å². The van der Waals surface area contributed by atoms with Crippen LogP contribution in [0.5, 0.6) is 11.5 Å². The topological polar surface area (TPSA) is 41.9 Å². The molecule has 1 aromatic carbocycles. The standard InChI is InChI=1S/C14H19NO3/c1-2-5-15-6-7-17-14-11-4-3-10(16)8-13(11)18-9-12(14)15/h3-4,8,12,14,16H,2,5-7,9H2,1H3/t12-,14-/m1/s1. The summed E-state index contributed by atoms with van der Waals surface area (Å²) >= 11 is 0. The summed E-state index contributed by atoms with van der Waals surface area (Å²) in [5.41, 5.74) is 1.06. The van der Waals surface area contributed by atoms with E-state index in [9.17, 15) is 5.11 Å². The van der Waals surface area contributed by atoms with Gasteiger partial charge in [-0.25, -0.2) is 0 Å². The minimum absolute atomic E-state index is 0.0784. The summed E-state index contributed by atoms with van der Waals surface area (Å²) in [6, 6.07) is 5.59. The molecule has 18 heavy (non-hydrogen) atoms. The maximum Gasteiger partial charge on any atom is 0.128 e. The predicted octanol–water partition coefficient (Wildman–Crippen LogP) is 1.94. The van der Waals surface area contributed by atoms with E-state index in [1.165, 1.54) is 0 Å². The summed E-state index contributed by atoms with van der Waals surface area (Å²) in [6.45, 7) is 5.66. The molecule has 0 saturated carbocycles. The van der Waals surface area contributed by atoms with Crippen LogP contribution in [-0.4, -0.2) is 42.4 Å². The van der Waals surface area contributed by atoms with Crippen LogP contribution in [0, 0.1) is 0 Å². The van der Waals surface area contributed by atoms with Crippen molar-refractivity contribution in [1.29, 1.82) is 0 Å². The van der Waals surface area contributed by atoms with Crippen LogP contribution in [0.3, 0.4) is 0 Å². The highest BCUT2D eigenvalue weighted by Crippen LogP contribution is 2.40. The van der Waals surface area contributed by atoms with Crippen molar-refractivity contribution in [3.63, 3.8) is 0 Å². The summed E-state index contributed by atoms with van der Waals surface area (Å²) < 4.78 is 11.7. The molecule has 2 aliphatic rings. The van der Waals surface area contributed by atoms with Gasteiger partial charge in [-0.15, -0.1) is 0 Å². The van der Waals surface area contributed by atoms with E-state index in [2.05, 4.69) is 11.8 Å². The fourth-order valence-electron chi connectivity index (χ4n) is 2.88. The second-order valence-corrected chi connectivity index (χ2v) is 4.93. The molecule has 2 atom stereocenters. The molecule has 98 valence electrons. The van der Waals surface area contributed by atoms with Crippen LogP contribution < -0.4 is 4.74 Å². The van der Waals surface area contributed by atoms with Crippen molar-refractivity contribution in [2.75, 3.05) is 26.3 Å². The van der Waals surface area contributed by atoms with E-state index in [1.807, 2.05) is 6.07 Å². The Balaban J connectivity index is 1.89. The van der Waals surface area contributed by atoms with Gasteiger partial charge in [-0.05, 0) is 25.1 Å². The number of hydrogen-bond acceptors (Lipinski definition) is 4. The number of hydrogen-bond donors (Lipinski definition) is 1. The van der Waals surface area contributed by atoms with Crippen LogP contribution in [0.25, 0.3) is 0 Å². The summed E-state index contributed by atoms with van der Waals surface area (Å²) in [6.07, 6.45) is 1.22. The smallest absolute Gasteiger partial charge is 0.128 e. The van der Waals surface area contributed by atoms with E-state index < -0.39 is 0 Å². The van der Waals surface area contributed by atoms with Gasteiger partial charge in [-0.2, -0.15) is 0 Å². The lowest BCUT2D eigenvalue weighted by atomic mass is 9.96. The van der Waals surface area contributed by atoms with Crippen molar-refractivity contribution in [1.82, 2.24) is 4.90 Å². The number of benzene rings is 1. The molecule has 0 amide bonds. The van der Waals surface area contributed by atoms with Gasteiger partial charge >= 0.3 is 0 Å². The van der Waals surface area contributed by atoms with Gasteiger partial charge in [0.25, 0.3) is 0 Å². The van der Waals surface area contributed by atoms with Crippen molar-refractivity contribution >= 4 is 0 Å². The molecule has 4 nitrogen and oxygen atoms in total. The number of nitrogens with zero attached hydrogens (tertiary/aromatic N) is 1. The minimum atomic E-state index is 0.0784. The largest absolute Gasteiger partial charge is 0.508 e. The quantitative estimate of drug-likeness (QED) is 0.869. The second-order valence-electron chi connectivity index (χ2n) is 4.93. The Morgan fingerprint density at radius 2 is 2.33 bits per heavy atom. The first kappa shape index (κ1) is 11.8. The van der Waals surface area contributed by atoms with E-state index in [1.54, 1.807) is 12.1 Å². The lowest BCUT2D eigenvalue weighted by Gasteiger charge is -2.44. The number of aromatic hydroxyl groups is 1. The fourth-order valence-corrected chi connectivity index (χ4v) is 2.88. The molecular formula is C14H19NO3. The molecule has 1 aromatic rings. The summed E-state index contributed by atoms with van der Waals surface area (Å²) in [5.74, 6) is 1.00. The van der Waals surface area contributed by atoms with Gasteiger partial charge in [0.05, 0.1) is 12.6 Å². The molecule has 1 N–H and O–H groups in total. The number of rotatable bonds is 2. The number of phenols is 1. The number of phenolic OH excluding ortho intramolecular Hbond substituents is 1. The first-order chi connectivity index (χ1) is 8.79. The first-order valence-electron chi connectivity index (χ1n) is 6.61. The Labute approximate surface area is 107 Å². The molecule has 0 aromatic heterocycles. The molecule has 2 heterocycles. The molecule has 0 spiro atoms. The summed E-state index contributed by atoms with van der Waals surface area (Å²) in [7, 11) is 0. The molecule has 0 radical (unpaired) electrons. The highest BCUT2D eigenvalue weighted by atomic mass is 16.5. The molecule has 0 bridgehead atoms. The van der Waals surface area contributed by atoms with Gasteiger partial charge < -0.3 is 14.6 Å². The average molecular weight is 249 g/mol. The Morgan fingerprint density at radius 1 is 1.44 bits per heavy atom. The van der Waals surface area contributed by atoms with E-state index in [-0.39, 0.29) is 11.9 Å². The van der Waals surface area contributed by atoms with Crippen LogP contribution >= 0.6 is 0 Å². The molecule has 2 aliphatic heterocycles. The zero-order valence-electron chi connectivity index (χ0n) is 10.6. The minimum Gasteiger partial charge on any atom is -0.508 e. The third-order valence-electron chi connectivity index (χ3n) is 3.72. The summed E-state index contributed by atoms with van der Waals surface area (Å²) in [5, 5.41) is 9.49. The van der Waals surface area contributed by atoms with Crippen molar-refractivity contribution in [3.05, 3.63) is 23.8 Å². The second kappa shape index (κ2) is 4.78. The Kier molecular flexibility index (Phi) is 3.14. The average Bonchev–Trinajstić information content (AvgIpc) is 2.38. The normalized spacial score (nSPS) is 27.2. The highest BCUT2D eigenvalue weighted by molar-refractivity contribution is 5.43. The molecule has 0 unspecified atom stereocenters. The Morgan fingerprint density at radius 3 is 3.17 bits per heavy atom. The number of morpholine rings is 1.